The van der Waals surface area contributed by atoms with E-state index in [1.54, 1.807) is 13.2 Å². The smallest absolute Gasteiger partial charge is 0.303 e. The first-order valence-corrected chi connectivity index (χ1v) is 9.37. The third-order valence-corrected chi connectivity index (χ3v) is 4.96. The number of hydrogen-bond donors (Lipinski definition) is 2. The Balaban J connectivity index is 2.21. The molecule has 1 heterocycles. The van der Waals surface area contributed by atoms with Crippen LogP contribution in [0.25, 0.3) is 16.9 Å². The number of hydrogen-bond acceptors (Lipinski definition) is 3. The minimum Gasteiger partial charge on any atom is -0.496 e. The highest BCUT2D eigenvalue weighted by Gasteiger charge is 2.17. The van der Waals surface area contributed by atoms with Gasteiger partial charge in [0, 0.05) is 34.7 Å². The van der Waals surface area contributed by atoms with Gasteiger partial charge in [-0.15, -0.1) is 0 Å². The van der Waals surface area contributed by atoms with E-state index in [-0.39, 0.29) is 6.42 Å². The van der Waals surface area contributed by atoms with Crippen molar-refractivity contribution in [1.82, 2.24) is 4.57 Å². The summed E-state index contributed by atoms with van der Waals surface area (Å²) in [5.41, 5.74) is 5.84. The van der Waals surface area contributed by atoms with Crippen LogP contribution >= 0.6 is 11.6 Å². The molecule has 0 amide bonds. The monoisotopic (exact) mass is 398 g/mol. The summed E-state index contributed by atoms with van der Waals surface area (Å²) in [6.45, 7) is 2.04. The normalized spacial score (nSPS) is 10.7. The van der Waals surface area contributed by atoms with Gasteiger partial charge in [-0.2, -0.15) is 0 Å². The van der Waals surface area contributed by atoms with Gasteiger partial charge in [0.1, 0.15) is 5.75 Å². The number of halogens is 1. The molecular formula is C22H23ClN2O3. The van der Waals surface area contributed by atoms with Crippen LogP contribution in [-0.4, -0.2) is 29.8 Å². The average molecular weight is 399 g/mol. The van der Waals surface area contributed by atoms with E-state index in [0.717, 1.165) is 33.9 Å². The van der Waals surface area contributed by atoms with E-state index in [0.29, 0.717) is 17.2 Å². The molecule has 0 aliphatic rings. The fourth-order valence-electron chi connectivity index (χ4n) is 3.34. The molecule has 0 fully saturated rings. The lowest BCUT2D eigenvalue weighted by atomic mass is 10.1. The zero-order chi connectivity index (χ0) is 20.3. The molecule has 0 saturated heterocycles. The number of anilines is 1. The summed E-state index contributed by atoms with van der Waals surface area (Å²) in [5, 5.41) is 12.9. The van der Waals surface area contributed by atoms with E-state index in [2.05, 4.69) is 16.0 Å². The molecule has 5 nitrogen and oxygen atoms in total. The number of benzene rings is 2. The predicted octanol–water partition coefficient (Wildman–Crippen LogP) is 5.17. The van der Waals surface area contributed by atoms with Crippen LogP contribution in [0.15, 0.2) is 48.5 Å². The van der Waals surface area contributed by atoms with Crippen molar-refractivity contribution >= 4 is 23.3 Å². The van der Waals surface area contributed by atoms with Crippen LogP contribution in [0.2, 0.25) is 5.02 Å². The van der Waals surface area contributed by atoms with Gasteiger partial charge in [-0.3, -0.25) is 4.79 Å². The van der Waals surface area contributed by atoms with Crippen LogP contribution in [0.1, 0.15) is 17.7 Å². The molecule has 146 valence electrons. The van der Waals surface area contributed by atoms with E-state index >= 15 is 0 Å². The number of carbonyl (C=O) groups is 1. The highest BCUT2D eigenvalue weighted by atomic mass is 35.5. The molecule has 0 aliphatic carbocycles. The molecule has 3 rings (SSSR count). The van der Waals surface area contributed by atoms with E-state index in [1.165, 1.54) is 0 Å². The van der Waals surface area contributed by atoms with Crippen molar-refractivity contribution in [2.75, 3.05) is 19.5 Å². The van der Waals surface area contributed by atoms with Gasteiger partial charge < -0.3 is 19.7 Å². The number of aryl methyl sites for hydroxylation is 2. The van der Waals surface area contributed by atoms with Crippen molar-refractivity contribution in [2.24, 2.45) is 0 Å². The summed E-state index contributed by atoms with van der Waals surface area (Å²) in [6.07, 6.45) is 0.493. The van der Waals surface area contributed by atoms with Crippen molar-refractivity contribution in [2.45, 2.75) is 19.8 Å². The Labute approximate surface area is 169 Å². The number of carboxylic acid groups (broad SMARTS) is 1. The highest BCUT2D eigenvalue weighted by molar-refractivity contribution is 6.30. The van der Waals surface area contributed by atoms with E-state index in [9.17, 15) is 4.79 Å². The second-order valence-electron chi connectivity index (χ2n) is 6.53. The lowest BCUT2D eigenvalue weighted by molar-refractivity contribution is -0.136. The summed E-state index contributed by atoms with van der Waals surface area (Å²) in [4.78, 5) is 11.1. The summed E-state index contributed by atoms with van der Waals surface area (Å²) < 4.78 is 7.64. The summed E-state index contributed by atoms with van der Waals surface area (Å²) in [5.74, 6) is -0.151. The molecule has 0 saturated carbocycles. The SMILES string of the molecule is CNc1ccc(-n2c(CCC(=O)O)ccc2-c2ccc(Cl)cc2OC)c(C)c1. The largest absolute Gasteiger partial charge is 0.496 e. The quantitative estimate of drug-likeness (QED) is 0.576. The van der Waals surface area contributed by atoms with Gasteiger partial charge in [0.25, 0.3) is 0 Å². The minimum absolute atomic E-state index is 0.0643. The van der Waals surface area contributed by atoms with Gasteiger partial charge >= 0.3 is 5.97 Å². The van der Waals surface area contributed by atoms with Gasteiger partial charge in [-0.05, 0) is 67.4 Å². The molecule has 2 N–H and O–H groups in total. The molecule has 6 heteroatoms. The number of nitrogens with one attached hydrogen (secondary N) is 1. The third kappa shape index (κ3) is 3.99. The summed E-state index contributed by atoms with van der Waals surface area (Å²) in [7, 11) is 3.49. The Hall–Kier alpha value is -2.92. The zero-order valence-corrected chi connectivity index (χ0v) is 16.9. The molecule has 2 aromatic carbocycles. The summed E-state index contributed by atoms with van der Waals surface area (Å²) in [6, 6.07) is 15.6. The number of aromatic nitrogens is 1. The Morgan fingerprint density at radius 2 is 1.96 bits per heavy atom. The Morgan fingerprint density at radius 1 is 1.18 bits per heavy atom. The molecule has 3 aromatic rings. The Morgan fingerprint density at radius 3 is 2.61 bits per heavy atom. The number of rotatable bonds is 7. The number of nitrogens with zero attached hydrogens (tertiary/aromatic N) is 1. The standard InChI is InChI=1S/C22H23ClN2O3/c1-14-12-16(24-2)5-9-19(14)25-17(7-11-22(26)27)6-10-20(25)18-8-4-15(23)13-21(18)28-3/h4-6,8-10,12-13,24H,7,11H2,1-3H3,(H,26,27). The van der Waals surface area contributed by atoms with Crippen molar-refractivity contribution in [3.05, 3.63) is 64.8 Å². The van der Waals surface area contributed by atoms with Crippen molar-refractivity contribution in [1.29, 1.82) is 0 Å². The van der Waals surface area contributed by atoms with Gasteiger partial charge in [0.15, 0.2) is 0 Å². The molecule has 0 aliphatic heterocycles. The fourth-order valence-corrected chi connectivity index (χ4v) is 3.50. The van der Waals surface area contributed by atoms with Crippen LogP contribution < -0.4 is 10.1 Å². The molecule has 28 heavy (non-hydrogen) atoms. The lowest BCUT2D eigenvalue weighted by Crippen LogP contribution is -2.07. The van der Waals surface area contributed by atoms with E-state index in [1.807, 2.05) is 50.4 Å². The first kappa shape index (κ1) is 19.8. The first-order valence-electron chi connectivity index (χ1n) is 8.99. The van der Waals surface area contributed by atoms with Crippen LogP contribution in [0.4, 0.5) is 5.69 Å². The van der Waals surface area contributed by atoms with Gasteiger partial charge in [0.05, 0.1) is 19.2 Å². The topological polar surface area (TPSA) is 63.5 Å². The average Bonchev–Trinajstić information content (AvgIpc) is 3.09. The number of carboxylic acids is 1. The zero-order valence-electron chi connectivity index (χ0n) is 16.1. The number of methoxy groups -OCH3 is 1. The predicted molar refractivity (Wildman–Crippen MR) is 113 cm³/mol. The van der Waals surface area contributed by atoms with Crippen LogP contribution in [0.5, 0.6) is 5.75 Å². The van der Waals surface area contributed by atoms with Gasteiger partial charge in [0.2, 0.25) is 0 Å². The highest BCUT2D eigenvalue weighted by Crippen LogP contribution is 2.36. The molecule has 0 radical (unpaired) electrons. The first-order chi connectivity index (χ1) is 13.4. The van der Waals surface area contributed by atoms with Crippen LogP contribution in [0.3, 0.4) is 0 Å². The van der Waals surface area contributed by atoms with Crippen molar-refractivity contribution < 1.29 is 14.6 Å². The number of aliphatic carboxylic acids is 1. The molecule has 0 bridgehead atoms. The summed E-state index contributed by atoms with van der Waals surface area (Å²) >= 11 is 6.13. The van der Waals surface area contributed by atoms with Gasteiger partial charge in [-0.25, -0.2) is 0 Å². The van der Waals surface area contributed by atoms with E-state index in [4.69, 9.17) is 21.4 Å². The van der Waals surface area contributed by atoms with Crippen LogP contribution in [0, 0.1) is 6.92 Å². The Kier molecular flexibility index (Phi) is 5.95. The lowest BCUT2D eigenvalue weighted by Gasteiger charge is -2.18. The maximum absolute atomic E-state index is 11.1. The van der Waals surface area contributed by atoms with Crippen molar-refractivity contribution in [3.8, 4) is 22.7 Å². The second kappa shape index (κ2) is 8.40. The molecule has 0 unspecified atom stereocenters. The fraction of sp³-hybridized carbons (Fsp3) is 0.227. The molecule has 1 aromatic heterocycles. The van der Waals surface area contributed by atoms with Crippen molar-refractivity contribution in [3.63, 3.8) is 0 Å². The maximum Gasteiger partial charge on any atom is 0.303 e. The molecule has 0 atom stereocenters. The molecular weight excluding hydrogens is 376 g/mol. The van der Waals surface area contributed by atoms with Gasteiger partial charge in [-0.1, -0.05) is 11.6 Å². The second-order valence-corrected chi connectivity index (χ2v) is 6.97. The third-order valence-electron chi connectivity index (χ3n) is 4.72. The Bertz CT molecular complexity index is 1010. The maximum atomic E-state index is 11.1. The van der Waals surface area contributed by atoms with Crippen LogP contribution in [-0.2, 0) is 11.2 Å². The molecule has 0 spiro atoms. The van der Waals surface area contributed by atoms with E-state index < -0.39 is 5.97 Å². The minimum atomic E-state index is -0.819. The number of ether oxygens (including phenoxy) is 1.